The van der Waals surface area contributed by atoms with Crippen molar-refractivity contribution in [3.05, 3.63) is 112 Å². The minimum atomic E-state index is -0.855. The number of benzene rings is 2. The molecule has 0 bridgehead atoms. The van der Waals surface area contributed by atoms with Crippen molar-refractivity contribution in [1.82, 2.24) is 10.3 Å². The fraction of sp³-hybridized carbons (Fsp3) is 0.179. The number of nitrogens with one attached hydrogen (secondary N) is 1. The van der Waals surface area contributed by atoms with Gasteiger partial charge in [0.25, 0.3) is 0 Å². The molecule has 0 saturated heterocycles. The maximum atomic E-state index is 13.7. The number of hydrogen-bond acceptors (Lipinski definition) is 5. The summed E-state index contributed by atoms with van der Waals surface area (Å²) in [6, 6.07) is 21.7. The van der Waals surface area contributed by atoms with E-state index in [4.69, 9.17) is 4.74 Å². The number of aromatic nitrogens is 1. The fourth-order valence-corrected chi connectivity index (χ4v) is 4.48. The number of carbonyl (C=O) groups is 2. The highest BCUT2D eigenvalue weighted by Crippen LogP contribution is 2.29. The number of hydrogen-bond donors (Lipinski definition) is 1. The molecular weight excluding hydrogens is 458 g/mol. The normalized spacial score (nSPS) is 11.5. The van der Waals surface area contributed by atoms with Crippen LogP contribution in [0.1, 0.15) is 27.6 Å². The predicted octanol–water partition coefficient (Wildman–Crippen LogP) is 5.09. The Balaban J connectivity index is 1.67. The van der Waals surface area contributed by atoms with Crippen molar-refractivity contribution in [2.45, 2.75) is 25.9 Å². The monoisotopic (exact) mass is 485 g/mol. The van der Waals surface area contributed by atoms with E-state index in [0.717, 1.165) is 21.8 Å². The van der Waals surface area contributed by atoms with Crippen molar-refractivity contribution in [2.75, 3.05) is 12.0 Å². The highest BCUT2D eigenvalue weighted by Gasteiger charge is 2.32. The number of anilines is 1. The number of ether oxygens (including phenoxy) is 1. The molecule has 2 heterocycles. The minimum absolute atomic E-state index is 0.155. The van der Waals surface area contributed by atoms with Gasteiger partial charge in [-0.2, -0.15) is 0 Å². The van der Waals surface area contributed by atoms with E-state index in [0.29, 0.717) is 17.8 Å². The first-order valence-electron chi connectivity index (χ1n) is 11.3. The number of methoxy groups -OCH3 is 1. The molecule has 1 N–H and O–H groups in total. The van der Waals surface area contributed by atoms with Crippen molar-refractivity contribution < 1.29 is 14.3 Å². The number of rotatable bonds is 9. The Morgan fingerprint density at radius 2 is 1.71 bits per heavy atom. The van der Waals surface area contributed by atoms with Gasteiger partial charge in [-0.05, 0) is 65.9 Å². The summed E-state index contributed by atoms with van der Waals surface area (Å²) >= 11 is 1.52. The van der Waals surface area contributed by atoms with Gasteiger partial charge in [-0.25, -0.2) is 0 Å². The molecule has 178 valence electrons. The quantitative estimate of drug-likeness (QED) is 0.358. The average molecular weight is 486 g/mol. The Morgan fingerprint density at radius 3 is 2.34 bits per heavy atom. The van der Waals surface area contributed by atoms with E-state index < -0.39 is 6.04 Å². The molecule has 0 unspecified atom stereocenters. The Kier molecular flexibility index (Phi) is 7.90. The van der Waals surface area contributed by atoms with Crippen LogP contribution in [0.5, 0.6) is 5.75 Å². The molecule has 0 saturated carbocycles. The van der Waals surface area contributed by atoms with Gasteiger partial charge in [-0.1, -0.05) is 35.9 Å². The van der Waals surface area contributed by atoms with E-state index in [9.17, 15) is 9.59 Å². The molecular formula is C28H27N3O3S. The maximum Gasteiger partial charge on any atom is 0.248 e. The van der Waals surface area contributed by atoms with Crippen LogP contribution >= 0.6 is 11.3 Å². The van der Waals surface area contributed by atoms with Gasteiger partial charge in [0.15, 0.2) is 0 Å². The third-order valence-corrected chi connectivity index (χ3v) is 6.52. The molecule has 7 heteroatoms. The van der Waals surface area contributed by atoms with Crippen molar-refractivity contribution >= 4 is 28.8 Å². The molecule has 0 radical (unpaired) electrons. The smallest absolute Gasteiger partial charge is 0.248 e. The lowest BCUT2D eigenvalue weighted by molar-refractivity contribution is -0.126. The van der Waals surface area contributed by atoms with Crippen LogP contribution in [0.2, 0.25) is 0 Å². The van der Waals surface area contributed by atoms with E-state index in [1.165, 1.54) is 11.3 Å². The van der Waals surface area contributed by atoms with E-state index in [-0.39, 0.29) is 18.2 Å². The van der Waals surface area contributed by atoms with Gasteiger partial charge in [0.05, 0.1) is 13.5 Å². The zero-order chi connectivity index (χ0) is 24.6. The van der Waals surface area contributed by atoms with Crippen LogP contribution < -0.4 is 15.0 Å². The molecule has 0 aliphatic rings. The maximum absolute atomic E-state index is 13.7. The molecule has 2 aromatic carbocycles. The third-order valence-electron chi connectivity index (χ3n) is 5.64. The first kappa shape index (κ1) is 24.2. The van der Waals surface area contributed by atoms with Gasteiger partial charge in [0.1, 0.15) is 11.8 Å². The molecule has 0 fully saturated rings. The van der Waals surface area contributed by atoms with Crippen LogP contribution in [0.3, 0.4) is 0 Å². The average Bonchev–Trinajstić information content (AvgIpc) is 3.40. The van der Waals surface area contributed by atoms with Gasteiger partial charge in [0, 0.05) is 29.5 Å². The lowest BCUT2D eigenvalue weighted by atomic mass is 10.0. The van der Waals surface area contributed by atoms with Crippen molar-refractivity contribution in [2.24, 2.45) is 0 Å². The first-order valence-corrected chi connectivity index (χ1v) is 12.1. The first-order chi connectivity index (χ1) is 17.0. The molecule has 2 aromatic heterocycles. The molecule has 35 heavy (non-hydrogen) atoms. The van der Waals surface area contributed by atoms with Crippen molar-refractivity contribution in [1.29, 1.82) is 0 Å². The Hall–Kier alpha value is -3.97. The summed E-state index contributed by atoms with van der Waals surface area (Å²) in [5, 5.41) is 4.96. The molecule has 0 spiro atoms. The molecule has 4 rings (SSSR count). The van der Waals surface area contributed by atoms with Crippen molar-refractivity contribution in [3.8, 4) is 5.75 Å². The summed E-state index contributed by atoms with van der Waals surface area (Å²) in [6.07, 6.45) is 3.48. The van der Waals surface area contributed by atoms with Crippen LogP contribution in [0, 0.1) is 6.92 Å². The van der Waals surface area contributed by atoms with Gasteiger partial charge in [0.2, 0.25) is 11.8 Å². The SMILES string of the molecule is COc1ccc(CNC(=O)[C@H](c2ccncc2)N(C(=O)Cc2cccs2)c2ccc(C)cc2)cc1. The molecule has 0 aliphatic heterocycles. The summed E-state index contributed by atoms with van der Waals surface area (Å²) in [7, 11) is 1.61. The molecule has 6 nitrogen and oxygen atoms in total. The van der Waals surface area contributed by atoms with E-state index in [1.54, 1.807) is 36.5 Å². The Morgan fingerprint density at radius 1 is 1.00 bits per heavy atom. The van der Waals surface area contributed by atoms with Gasteiger partial charge < -0.3 is 10.1 Å². The van der Waals surface area contributed by atoms with E-state index >= 15 is 0 Å². The molecule has 2 amide bonds. The van der Waals surface area contributed by atoms with E-state index in [2.05, 4.69) is 10.3 Å². The summed E-state index contributed by atoms with van der Waals surface area (Å²) in [6.45, 7) is 2.31. The lowest BCUT2D eigenvalue weighted by Gasteiger charge is -2.31. The summed E-state index contributed by atoms with van der Waals surface area (Å²) in [5.41, 5.74) is 3.36. The molecule has 1 atom stereocenters. The third kappa shape index (κ3) is 6.13. The van der Waals surface area contributed by atoms with Crippen LogP contribution in [-0.2, 0) is 22.6 Å². The highest BCUT2D eigenvalue weighted by atomic mass is 32.1. The number of carbonyl (C=O) groups excluding carboxylic acids is 2. The summed E-state index contributed by atoms with van der Waals surface area (Å²) in [4.78, 5) is 34.0. The minimum Gasteiger partial charge on any atom is -0.497 e. The van der Waals surface area contributed by atoms with E-state index in [1.807, 2.05) is 73.0 Å². The predicted molar refractivity (Wildman–Crippen MR) is 139 cm³/mol. The zero-order valence-electron chi connectivity index (χ0n) is 19.7. The number of thiophene rings is 1. The second-order valence-electron chi connectivity index (χ2n) is 8.10. The lowest BCUT2D eigenvalue weighted by Crippen LogP contribution is -2.44. The largest absolute Gasteiger partial charge is 0.497 e. The molecule has 4 aromatic rings. The highest BCUT2D eigenvalue weighted by molar-refractivity contribution is 7.10. The fourth-order valence-electron chi connectivity index (χ4n) is 3.78. The van der Waals surface area contributed by atoms with Crippen LogP contribution in [-0.4, -0.2) is 23.9 Å². The van der Waals surface area contributed by atoms with Crippen LogP contribution in [0.15, 0.2) is 90.6 Å². The second-order valence-corrected chi connectivity index (χ2v) is 9.14. The summed E-state index contributed by atoms with van der Waals surface area (Å²) in [5.74, 6) is 0.323. The topological polar surface area (TPSA) is 71.5 Å². The number of pyridine rings is 1. The Labute approximate surface area is 209 Å². The molecule has 0 aliphatic carbocycles. The summed E-state index contributed by atoms with van der Waals surface area (Å²) < 4.78 is 5.21. The number of amides is 2. The second kappa shape index (κ2) is 11.4. The standard InChI is InChI=1S/C28H27N3O3S/c1-20-5-9-23(10-6-20)31(26(32)18-25-4-3-17-35-25)27(22-13-15-29-16-14-22)28(33)30-19-21-7-11-24(34-2)12-8-21/h3-17,27H,18-19H2,1-2H3,(H,30,33)/t27-/m0/s1. The van der Waals surface area contributed by atoms with Crippen LogP contribution in [0.4, 0.5) is 5.69 Å². The number of aryl methyl sites for hydroxylation is 1. The Bertz CT molecular complexity index is 1240. The van der Waals surface area contributed by atoms with Gasteiger partial charge in [-0.3, -0.25) is 19.5 Å². The van der Waals surface area contributed by atoms with Gasteiger partial charge >= 0.3 is 0 Å². The number of nitrogens with zero attached hydrogens (tertiary/aromatic N) is 2. The van der Waals surface area contributed by atoms with Gasteiger partial charge in [-0.15, -0.1) is 11.3 Å². The van der Waals surface area contributed by atoms with Crippen LogP contribution in [0.25, 0.3) is 0 Å². The van der Waals surface area contributed by atoms with Crippen molar-refractivity contribution in [3.63, 3.8) is 0 Å². The zero-order valence-corrected chi connectivity index (χ0v) is 20.5.